The Kier molecular flexibility index (Phi) is 3.35. The van der Waals surface area contributed by atoms with Crippen molar-refractivity contribution in [3.8, 4) is 5.75 Å². The molecule has 1 aliphatic heterocycles. The first-order chi connectivity index (χ1) is 10.1. The van der Waals surface area contributed by atoms with Gasteiger partial charge in [-0.25, -0.2) is 0 Å². The molecule has 2 heterocycles. The highest BCUT2D eigenvalue weighted by Crippen LogP contribution is 2.31. The van der Waals surface area contributed by atoms with Gasteiger partial charge in [-0.2, -0.15) is 0 Å². The van der Waals surface area contributed by atoms with E-state index in [0.717, 1.165) is 11.3 Å². The Bertz CT molecular complexity index is 692. The zero-order valence-electron chi connectivity index (χ0n) is 11.2. The lowest BCUT2D eigenvalue weighted by molar-refractivity contribution is -0.137. The topological polar surface area (TPSA) is 80.6 Å². The number of fused-ring (bicyclic) bond motifs is 1. The van der Waals surface area contributed by atoms with E-state index < -0.39 is 5.97 Å². The van der Waals surface area contributed by atoms with E-state index in [1.54, 1.807) is 18.3 Å². The van der Waals surface area contributed by atoms with E-state index in [4.69, 9.17) is 9.84 Å². The Hall–Kier alpha value is -2.76. The average Bonchev–Trinajstić information content (AvgIpc) is 3.06. The molecule has 2 N–H and O–H groups in total. The minimum absolute atomic E-state index is 0.220. The first-order valence-corrected chi connectivity index (χ1v) is 6.54. The van der Waals surface area contributed by atoms with Gasteiger partial charge in [0.1, 0.15) is 24.6 Å². The third-order valence-electron chi connectivity index (χ3n) is 3.37. The quantitative estimate of drug-likeness (QED) is 0.891. The number of benzene rings is 1. The van der Waals surface area contributed by atoms with Crippen LogP contribution in [-0.2, 0) is 11.3 Å². The van der Waals surface area contributed by atoms with Crippen molar-refractivity contribution in [2.45, 2.75) is 12.6 Å². The number of hydrogen-bond acceptors (Lipinski definition) is 3. The molecule has 0 saturated carbocycles. The molecule has 108 valence electrons. The predicted octanol–water partition coefficient (Wildman–Crippen LogP) is 1.44. The molecule has 0 bridgehead atoms. The molecule has 0 aliphatic carbocycles. The fourth-order valence-electron chi connectivity index (χ4n) is 2.42. The van der Waals surface area contributed by atoms with Gasteiger partial charge in [0, 0.05) is 11.8 Å². The highest BCUT2D eigenvalue weighted by molar-refractivity contribution is 5.93. The molecule has 6 heteroatoms. The van der Waals surface area contributed by atoms with Crippen molar-refractivity contribution < 1.29 is 19.4 Å². The van der Waals surface area contributed by atoms with Crippen molar-refractivity contribution in [2.24, 2.45) is 0 Å². The molecule has 1 amide bonds. The molecule has 0 spiro atoms. The number of nitrogens with one attached hydrogen (secondary N) is 1. The number of hydrogen-bond donors (Lipinski definition) is 2. The summed E-state index contributed by atoms with van der Waals surface area (Å²) in [5, 5.41) is 11.7. The van der Waals surface area contributed by atoms with Crippen LogP contribution in [0, 0.1) is 0 Å². The zero-order chi connectivity index (χ0) is 14.8. The van der Waals surface area contributed by atoms with Gasteiger partial charge in [0.05, 0.1) is 6.04 Å². The largest absolute Gasteiger partial charge is 0.491 e. The first kappa shape index (κ1) is 13.2. The van der Waals surface area contributed by atoms with Crippen LogP contribution in [0.15, 0.2) is 42.6 Å². The molecule has 0 saturated heterocycles. The molecule has 1 aromatic carbocycles. The normalized spacial score (nSPS) is 16.1. The van der Waals surface area contributed by atoms with Gasteiger partial charge in [-0.1, -0.05) is 18.2 Å². The van der Waals surface area contributed by atoms with Crippen molar-refractivity contribution in [3.63, 3.8) is 0 Å². The van der Waals surface area contributed by atoms with Gasteiger partial charge < -0.3 is 19.7 Å². The number of carbonyl (C=O) groups is 2. The lowest BCUT2D eigenvalue weighted by atomic mass is 10.1. The monoisotopic (exact) mass is 286 g/mol. The lowest BCUT2D eigenvalue weighted by Gasteiger charge is -2.13. The first-order valence-electron chi connectivity index (χ1n) is 6.54. The van der Waals surface area contributed by atoms with E-state index in [-0.39, 0.29) is 18.5 Å². The van der Waals surface area contributed by atoms with Crippen LogP contribution in [0.4, 0.5) is 0 Å². The van der Waals surface area contributed by atoms with Crippen LogP contribution in [-0.4, -0.2) is 28.2 Å². The summed E-state index contributed by atoms with van der Waals surface area (Å²) >= 11 is 0. The summed E-state index contributed by atoms with van der Waals surface area (Å²) in [6.45, 7) is 0.137. The Labute approximate surface area is 121 Å². The van der Waals surface area contributed by atoms with Crippen LogP contribution in [0.2, 0.25) is 0 Å². The maximum absolute atomic E-state index is 12.3. The summed E-state index contributed by atoms with van der Waals surface area (Å²) in [6.07, 6.45) is 1.57. The molecule has 0 radical (unpaired) electrons. The Morgan fingerprint density at radius 3 is 2.90 bits per heavy atom. The SMILES string of the molecule is O=C(O)Cn1cccc1C(=O)NC1COc2ccccc21. The molecule has 3 rings (SSSR count). The molecular weight excluding hydrogens is 272 g/mol. The molecule has 1 atom stereocenters. The molecule has 21 heavy (non-hydrogen) atoms. The zero-order valence-corrected chi connectivity index (χ0v) is 11.2. The average molecular weight is 286 g/mol. The molecule has 0 fully saturated rings. The number of carbonyl (C=O) groups excluding carboxylic acids is 1. The summed E-state index contributed by atoms with van der Waals surface area (Å²) in [4.78, 5) is 23.1. The highest BCUT2D eigenvalue weighted by Gasteiger charge is 2.26. The van der Waals surface area contributed by atoms with Gasteiger partial charge >= 0.3 is 5.97 Å². The van der Waals surface area contributed by atoms with Crippen LogP contribution >= 0.6 is 0 Å². The van der Waals surface area contributed by atoms with E-state index >= 15 is 0 Å². The number of aromatic nitrogens is 1. The maximum atomic E-state index is 12.3. The number of para-hydroxylation sites is 1. The number of ether oxygens (including phenoxy) is 1. The van der Waals surface area contributed by atoms with Crippen molar-refractivity contribution >= 4 is 11.9 Å². The second-order valence-corrected chi connectivity index (χ2v) is 4.79. The molecule has 2 aromatic rings. The molecular formula is C15H14N2O4. The second kappa shape index (κ2) is 5.32. The third-order valence-corrected chi connectivity index (χ3v) is 3.37. The Morgan fingerprint density at radius 1 is 1.29 bits per heavy atom. The van der Waals surface area contributed by atoms with Crippen LogP contribution < -0.4 is 10.1 Å². The number of nitrogens with zero attached hydrogens (tertiary/aromatic N) is 1. The van der Waals surface area contributed by atoms with Gasteiger partial charge in [-0.15, -0.1) is 0 Å². The Morgan fingerprint density at radius 2 is 2.10 bits per heavy atom. The van der Waals surface area contributed by atoms with Crippen LogP contribution in [0.25, 0.3) is 0 Å². The van der Waals surface area contributed by atoms with Crippen molar-refractivity contribution in [3.05, 3.63) is 53.9 Å². The minimum Gasteiger partial charge on any atom is -0.491 e. The van der Waals surface area contributed by atoms with Crippen LogP contribution in [0.1, 0.15) is 22.1 Å². The summed E-state index contributed by atoms with van der Waals surface area (Å²) in [6, 6.07) is 10.6. The minimum atomic E-state index is -0.991. The smallest absolute Gasteiger partial charge is 0.323 e. The van der Waals surface area contributed by atoms with Crippen LogP contribution in [0.5, 0.6) is 5.75 Å². The molecule has 1 unspecified atom stereocenters. The van der Waals surface area contributed by atoms with Gasteiger partial charge in [0.25, 0.3) is 5.91 Å². The molecule has 6 nitrogen and oxygen atoms in total. The molecule has 1 aromatic heterocycles. The highest BCUT2D eigenvalue weighted by atomic mass is 16.5. The van der Waals surface area contributed by atoms with E-state index in [0.29, 0.717) is 12.3 Å². The lowest BCUT2D eigenvalue weighted by Crippen LogP contribution is -2.31. The van der Waals surface area contributed by atoms with E-state index in [1.807, 2.05) is 24.3 Å². The van der Waals surface area contributed by atoms with E-state index in [9.17, 15) is 9.59 Å². The van der Waals surface area contributed by atoms with Crippen molar-refractivity contribution in [1.82, 2.24) is 9.88 Å². The van der Waals surface area contributed by atoms with Crippen LogP contribution in [0.3, 0.4) is 0 Å². The number of amides is 1. The molecule has 1 aliphatic rings. The number of rotatable bonds is 4. The predicted molar refractivity (Wildman–Crippen MR) is 74.2 cm³/mol. The summed E-state index contributed by atoms with van der Waals surface area (Å²) in [5.74, 6) is -0.537. The van der Waals surface area contributed by atoms with E-state index in [1.165, 1.54) is 4.57 Å². The van der Waals surface area contributed by atoms with Gasteiger partial charge in [-0.3, -0.25) is 9.59 Å². The second-order valence-electron chi connectivity index (χ2n) is 4.79. The van der Waals surface area contributed by atoms with Crippen molar-refractivity contribution in [2.75, 3.05) is 6.61 Å². The fraction of sp³-hybridized carbons (Fsp3) is 0.200. The fourth-order valence-corrected chi connectivity index (χ4v) is 2.42. The number of carboxylic acid groups (broad SMARTS) is 1. The number of aliphatic carboxylic acids is 1. The maximum Gasteiger partial charge on any atom is 0.323 e. The van der Waals surface area contributed by atoms with Crippen molar-refractivity contribution in [1.29, 1.82) is 0 Å². The van der Waals surface area contributed by atoms with Gasteiger partial charge in [-0.05, 0) is 18.2 Å². The van der Waals surface area contributed by atoms with Gasteiger partial charge in [0.15, 0.2) is 0 Å². The summed E-state index contributed by atoms with van der Waals surface area (Å²) in [7, 11) is 0. The standard InChI is InChI=1S/C15H14N2O4/c18-14(19)8-17-7-3-5-12(17)15(20)16-11-9-21-13-6-2-1-4-10(11)13/h1-7,11H,8-9H2,(H,16,20)(H,18,19). The Balaban J connectivity index is 1.76. The third kappa shape index (κ3) is 2.60. The summed E-state index contributed by atoms with van der Waals surface area (Å²) in [5.41, 5.74) is 1.25. The summed E-state index contributed by atoms with van der Waals surface area (Å²) < 4.78 is 6.91. The van der Waals surface area contributed by atoms with Gasteiger partial charge in [0.2, 0.25) is 0 Å². The number of carboxylic acids is 1. The van der Waals surface area contributed by atoms with E-state index in [2.05, 4.69) is 5.32 Å².